The Morgan fingerprint density at radius 3 is 2.90 bits per heavy atom. The zero-order valence-corrected chi connectivity index (χ0v) is 13.4. The SMILES string of the molecule is CN(CCc1cccs1)CC(=O)Nc1ccc(N)cc1Cl. The average molecular weight is 324 g/mol. The van der Waals surface area contributed by atoms with E-state index in [1.54, 1.807) is 29.5 Å². The quantitative estimate of drug-likeness (QED) is 0.803. The second kappa shape index (κ2) is 7.45. The smallest absolute Gasteiger partial charge is 0.238 e. The standard InChI is InChI=1S/C15H18ClN3OS/c1-19(7-6-12-3-2-8-21-12)10-15(20)18-14-5-4-11(17)9-13(14)16/h2-5,8-9H,6-7,10,17H2,1H3,(H,18,20). The van der Waals surface area contributed by atoms with Crippen LogP contribution >= 0.6 is 22.9 Å². The van der Waals surface area contributed by atoms with Crippen LogP contribution in [-0.4, -0.2) is 30.9 Å². The molecule has 21 heavy (non-hydrogen) atoms. The highest BCUT2D eigenvalue weighted by Crippen LogP contribution is 2.23. The third-order valence-electron chi connectivity index (χ3n) is 3.00. The maximum absolute atomic E-state index is 12.0. The highest BCUT2D eigenvalue weighted by Gasteiger charge is 2.09. The number of hydrogen-bond acceptors (Lipinski definition) is 4. The van der Waals surface area contributed by atoms with Crippen molar-refractivity contribution in [2.75, 3.05) is 31.2 Å². The Labute approximate surface area is 133 Å². The van der Waals surface area contributed by atoms with Gasteiger partial charge in [0.15, 0.2) is 0 Å². The van der Waals surface area contributed by atoms with Gasteiger partial charge in [-0.15, -0.1) is 11.3 Å². The summed E-state index contributed by atoms with van der Waals surface area (Å²) in [7, 11) is 1.93. The van der Waals surface area contributed by atoms with Crippen molar-refractivity contribution in [2.24, 2.45) is 0 Å². The number of nitrogens with zero attached hydrogens (tertiary/aromatic N) is 1. The molecule has 2 rings (SSSR count). The zero-order chi connectivity index (χ0) is 15.2. The molecule has 0 radical (unpaired) electrons. The minimum Gasteiger partial charge on any atom is -0.399 e. The predicted octanol–water partition coefficient (Wildman–Crippen LogP) is 3.10. The van der Waals surface area contributed by atoms with Crippen molar-refractivity contribution in [1.82, 2.24) is 4.90 Å². The molecular weight excluding hydrogens is 306 g/mol. The second-order valence-electron chi connectivity index (χ2n) is 4.85. The Morgan fingerprint density at radius 1 is 1.43 bits per heavy atom. The van der Waals surface area contributed by atoms with E-state index in [1.807, 2.05) is 18.0 Å². The van der Waals surface area contributed by atoms with Crippen molar-refractivity contribution in [3.05, 3.63) is 45.6 Å². The van der Waals surface area contributed by atoms with Crippen LogP contribution in [0.1, 0.15) is 4.88 Å². The number of anilines is 2. The largest absolute Gasteiger partial charge is 0.399 e. The summed E-state index contributed by atoms with van der Waals surface area (Å²) >= 11 is 7.77. The van der Waals surface area contributed by atoms with Crippen LogP contribution in [0.15, 0.2) is 35.7 Å². The van der Waals surface area contributed by atoms with E-state index in [-0.39, 0.29) is 5.91 Å². The summed E-state index contributed by atoms with van der Waals surface area (Å²) in [6.45, 7) is 1.16. The third-order valence-corrected chi connectivity index (χ3v) is 4.25. The lowest BCUT2D eigenvalue weighted by atomic mass is 10.3. The van der Waals surface area contributed by atoms with Crippen LogP contribution in [0.25, 0.3) is 0 Å². The Kier molecular flexibility index (Phi) is 5.61. The number of hydrogen-bond donors (Lipinski definition) is 2. The normalized spacial score (nSPS) is 10.8. The van der Waals surface area contributed by atoms with Crippen LogP contribution in [0, 0.1) is 0 Å². The highest BCUT2D eigenvalue weighted by molar-refractivity contribution is 7.09. The number of thiophene rings is 1. The molecule has 0 aliphatic heterocycles. The summed E-state index contributed by atoms with van der Waals surface area (Å²) in [5.74, 6) is -0.0876. The number of nitrogens with two attached hydrogens (primary N) is 1. The van der Waals surface area contributed by atoms with Gasteiger partial charge in [0.05, 0.1) is 17.3 Å². The number of nitrogen functional groups attached to an aromatic ring is 1. The van der Waals surface area contributed by atoms with Crippen molar-refractivity contribution in [3.63, 3.8) is 0 Å². The summed E-state index contributed by atoms with van der Waals surface area (Å²) < 4.78 is 0. The predicted molar refractivity (Wildman–Crippen MR) is 90.0 cm³/mol. The molecule has 0 fully saturated rings. The van der Waals surface area contributed by atoms with Gasteiger partial charge in [-0.2, -0.15) is 0 Å². The Hall–Kier alpha value is -1.56. The van der Waals surface area contributed by atoms with Gasteiger partial charge >= 0.3 is 0 Å². The molecule has 2 aromatic rings. The molecule has 6 heteroatoms. The van der Waals surface area contributed by atoms with Gasteiger partial charge in [0, 0.05) is 17.1 Å². The van der Waals surface area contributed by atoms with Crippen molar-refractivity contribution in [3.8, 4) is 0 Å². The zero-order valence-electron chi connectivity index (χ0n) is 11.8. The number of amides is 1. The molecule has 0 bridgehead atoms. The molecule has 0 atom stereocenters. The average Bonchev–Trinajstić information content (AvgIpc) is 2.93. The number of halogens is 1. The van der Waals surface area contributed by atoms with E-state index in [4.69, 9.17) is 17.3 Å². The Morgan fingerprint density at radius 2 is 2.24 bits per heavy atom. The number of likely N-dealkylation sites (N-methyl/N-ethyl adjacent to an activating group) is 1. The van der Waals surface area contributed by atoms with Crippen molar-refractivity contribution < 1.29 is 4.79 Å². The monoisotopic (exact) mass is 323 g/mol. The molecule has 0 saturated heterocycles. The molecule has 1 heterocycles. The minimum absolute atomic E-state index is 0.0876. The number of benzene rings is 1. The molecule has 3 N–H and O–H groups in total. The van der Waals surface area contributed by atoms with E-state index >= 15 is 0 Å². The fourth-order valence-electron chi connectivity index (χ4n) is 1.90. The minimum atomic E-state index is -0.0876. The van der Waals surface area contributed by atoms with Gasteiger partial charge in [0.2, 0.25) is 5.91 Å². The fraction of sp³-hybridized carbons (Fsp3) is 0.267. The topological polar surface area (TPSA) is 58.4 Å². The summed E-state index contributed by atoms with van der Waals surface area (Å²) in [5.41, 5.74) is 6.78. The third kappa shape index (κ3) is 5.04. The summed E-state index contributed by atoms with van der Waals surface area (Å²) in [4.78, 5) is 15.3. The Bertz CT molecular complexity index is 601. The van der Waals surface area contributed by atoms with Crippen LogP contribution < -0.4 is 11.1 Å². The van der Waals surface area contributed by atoms with Gasteiger partial charge in [-0.25, -0.2) is 0 Å². The lowest BCUT2D eigenvalue weighted by Crippen LogP contribution is -2.31. The molecule has 0 spiro atoms. The molecule has 1 amide bonds. The first-order valence-electron chi connectivity index (χ1n) is 6.60. The maximum Gasteiger partial charge on any atom is 0.238 e. The first-order valence-corrected chi connectivity index (χ1v) is 7.86. The van der Waals surface area contributed by atoms with Crippen LogP contribution in [-0.2, 0) is 11.2 Å². The van der Waals surface area contributed by atoms with E-state index in [2.05, 4.69) is 16.8 Å². The van der Waals surface area contributed by atoms with Gasteiger partial charge in [0.25, 0.3) is 0 Å². The van der Waals surface area contributed by atoms with Crippen molar-refractivity contribution >= 4 is 40.2 Å². The summed E-state index contributed by atoms with van der Waals surface area (Å²) in [6, 6.07) is 9.18. The highest BCUT2D eigenvalue weighted by atomic mass is 35.5. The van der Waals surface area contributed by atoms with Gasteiger partial charge in [-0.1, -0.05) is 17.7 Å². The van der Waals surface area contributed by atoms with Crippen LogP contribution in [0.5, 0.6) is 0 Å². The lowest BCUT2D eigenvalue weighted by molar-refractivity contribution is -0.117. The first kappa shape index (κ1) is 15.8. The van der Waals surface area contributed by atoms with Gasteiger partial charge in [0.1, 0.15) is 0 Å². The van der Waals surface area contributed by atoms with Crippen LogP contribution in [0.2, 0.25) is 5.02 Å². The fourth-order valence-corrected chi connectivity index (χ4v) is 2.84. The summed E-state index contributed by atoms with van der Waals surface area (Å²) in [5, 5.41) is 5.31. The van der Waals surface area contributed by atoms with E-state index in [1.165, 1.54) is 4.88 Å². The van der Waals surface area contributed by atoms with E-state index in [0.29, 0.717) is 22.9 Å². The number of carbonyl (C=O) groups is 1. The second-order valence-corrected chi connectivity index (χ2v) is 6.29. The number of nitrogens with one attached hydrogen (secondary N) is 1. The molecular formula is C15H18ClN3OS. The van der Waals surface area contributed by atoms with Gasteiger partial charge in [-0.3, -0.25) is 9.69 Å². The number of rotatable bonds is 6. The van der Waals surface area contributed by atoms with Crippen LogP contribution in [0.4, 0.5) is 11.4 Å². The number of carbonyl (C=O) groups excluding carboxylic acids is 1. The molecule has 1 aromatic heterocycles. The molecule has 112 valence electrons. The molecule has 4 nitrogen and oxygen atoms in total. The lowest BCUT2D eigenvalue weighted by Gasteiger charge is -2.16. The molecule has 0 unspecified atom stereocenters. The van der Waals surface area contributed by atoms with Crippen molar-refractivity contribution in [2.45, 2.75) is 6.42 Å². The van der Waals surface area contributed by atoms with E-state index < -0.39 is 0 Å². The van der Waals surface area contributed by atoms with Crippen LogP contribution in [0.3, 0.4) is 0 Å². The summed E-state index contributed by atoms with van der Waals surface area (Å²) in [6.07, 6.45) is 0.948. The molecule has 0 saturated carbocycles. The maximum atomic E-state index is 12.0. The van der Waals surface area contributed by atoms with E-state index in [9.17, 15) is 4.79 Å². The molecule has 1 aromatic carbocycles. The van der Waals surface area contributed by atoms with Crippen molar-refractivity contribution in [1.29, 1.82) is 0 Å². The molecule has 0 aliphatic rings. The first-order chi connectivity index (χ1) is 10.0. The van der Waals surface area contributed by atoms with Gasteiger partial charge < -0.3 is 11.1 Å². The van der Waals surface area contributed by atoms with E-state index in [0.717, 1.165) is 13.0 Å². The Balaban J connectivity index is 1.80. The molecule has 0 aliphatic carbocycles. The van der Waals surface area contributed by atoms with Gasteiger partial charge in [-0.05, 0) is 43.1 Å².